The summed E-state index contributed by atoms with van der Waals surface area (Å²) in [6.45, 7) is 1.03. The smallest absolute Gasteiger partial charge is 0.243 e. The molecule has 2 N–H and O–H groups in total. The van der Waals surface area contributed by atoms with Crippen LogP contribution in [0.4, 0.5) is 5.69 Å². The van der Waals surface area contributed by atoms with Gasteiger partial charge in [0.25, 0.3) is 0 Å². The molecule has 0 spiro atoms. The minimum atomic E-state index is -0.245. The number of hydrogen-bond donors (Lipinski definition) is 2. The zero-order valence-corrected chi connectivity index (χ0v) is 13.1. The number of nitrogens with one attached hydrogen (secondary N) is 2. The Hall–Kier alpha value is -2.24. The predicted molar refractivity (Wildman–Crippen MR) is 85.6 cm³/mol. The maximum Gasteiger partial charge on any atom is 0.243 e. The monoisotopic (exact) mass is 318 g/mol. The van der Waals surface area contributed by atoms with E-state index in [2.05, 4.69) is 10.6 Å². The molecule has 3 rings (SSSR count). The largest absolute Gasteiger partial charge is 0.486 e. The quantitative estimate of drug-likeness (QED) is 0.891. The summed E-state index contributed by atoms with van der Waals surface area (Å²) in [6.07, 6.45) is 5.25. The molecule has 23 heavy (non-hydrogen) atoms. The van der Waals surface area contributed by atoms with Crippen LogP contribution in [0.25, 0.3) is 0 Å². The number of fused-ring (bicyclic) bond motifs is 1. The van der Waals surface area contributed by atoms with Gasteiger partial charge in [-0.1, -0.05) is 19.3 Å². The second-order valence-electron chi connectivity index (χ2n) is 5.96. The Bertz CT molecular complexity index is 582. The summed E-state index contributed by atoms with van der Waals surface area (Å²) in [5, 5.41) is 5.49. The fourth-order valence-electron chi connectivity index (χ4n) is 3.00. The number of carbonyl (C=O) groups is 2. The molecule has 0 radical (unpaired) electrons. The number of benzene rings is 1. The summed E-state index contributed by atoms with van der Waals surface area (Å²) in [4.78, 5) is 24.0. The second kappa shape index (κ2) is 7.35. The fraction of sp³-hybridized carbons (Fsp3) is 0.529. The van der Waals surface area contributed by atoms with Crippen LogP contribution in [0, 0.1) is 5.92 Å². The number of hydrogen-bond acceptors (Lipinski definition) is 4. The van der Waals surface area contributed by atoms with Crippen molar-refractivity contribution in [3.63, 3.8) is 0 Å². The van der Waals surface area contributed by atoms with E-state index in [1.165, 1.54) is 6.42 Å². The van der Waals surface area contributed by atoms with Crippen LogP contribution in [-0.4, -0.2) is 31.6 Å². The molecular weight excluding hydrogens is 296 g/mol. The summed E-state index contributed by atoms with van der Waals surface area (Å²) in [7, 11) is 0. The standard InChI is InChI=1S/C17H22N2O4/c20-16(11-18-17(21)12-4-2-1-3-5-12)19-13-6-7-14-15(10-13)23-9-8-22-14/h6-7,10,12H,1-5,8-9,11H2,(H,18,21)(H,19,20). The van der Waals surface area contributed by atoms with E-state index in [4.69, 9.17) is 9.47 Å². The minimum Gasteiger partial charge on any atom is -0.486 e. The first-order valence-corrected chi connectivity index (χ1v) is 8.19. The molecule has 1 aromatic carbocycles. The van der Waals surface area contributed by atoms with Gasteiger partial charge >= 0.3 is 0 Å². The minimum absolute atomic E-state index is 0.0101. The lowest BCUT2D eigenvalue weighted by Crippen LogP contribution is -2.37. The molecule has 0 saturated heterocycles. The lowest BCUT2D eigenvalue weighted by Gasteiger charge is -2.21. The van der Waals surface area contributed by atoms with Crippen LogP contribution in [0.1, 0.15) is 32.1 Å². The van der Waals surface area contributed by atoms with Crippen molar-refractivity contribution in [1.82, 2.24) is 5.32 Å². The normalized spacial score (nSPS) is 17.4. The molecule has 1 aliphatic carbocycles. The van der Waals surface area contributed by atoms with E-state index in [0.717, 1.165) is 25.7 Å². The number of anilines is 1. The second-order valence-corrected chi connectivity index (χ2v) is 5.96. The Kier molecular flexibility index (Phi) is 5.00. The first-order chi connectivity index (χ1) is 11.2. The highest BCUT2D eigenvalue weighted by atomic mass is 16.6. The van der Waals surface area contributed by atoms with E-state index >= 15 is 0 Å². The molecule has 2 amide bonds. The highest BCUT2D eigenvalue weighted by Crippen LogP contribution is 2.32. The number of rotatable bonds is 4. The lowest BCUT2D eigenvalue weighted by atomic mass is 9.89. The highest BCUT2D eigenvalue weighted by molar-refractivity contribution is 5.95. The number of amides is 2. The topological polar surface area (TPSA) is 76.7 Å². The molecule has 1 aromatic rings. The Morgan fingerprint density at radius 1 is 1.04 bits per heavy atom. The Morgan fingerprint density at radius 2 is 1.78 bits per heavy atom. The molecule has 1 saturated carbocycles. The van der Waals surface area contributed by atoms with Gasteiger partial charge in [0.05, 0.1) is 6.54 Å². The van der Waals surface area contributed by atoms with Gasteiger partial charge in [-0.05, 0) is 25.0 Å². The zero-order valence-electron chi connectivity index (χ0n) is 13.1. The number of carbonyl (C=O) groups excluding carboxylic acids is 2. The Balaban J connectivity index is 1.48. The third kappa shape index (κ3) is 4.15. The van der Waals surface area contributed by atoms with E-state index < -0.39 is 0 Å². The maximum atomic E-state index is 12.0. The first kappa shape index (κ1) is 15.6. The van der Waals surface area contributed by atoms with Crippen molar-refractivity contribution in [3.8, 4) is 11.5 Å². The average molecular weight is 318 g/mol. The van der Waals surface area contributed by atoms with Crippen LogP contribution in [0.15, 0.2) is 18.2 Å². The van der Waals surface area contributed by atoms with Gasteiger partial charge in [0, 0.05) is 17.7 Å². The maximum absolute atomic E-state index is 12.0. The predicted octanol–water partition coefficient (Wildman–Crippen LogP) is 2.09. The van der Waals surface area contributed by atoms with Crippen molar-refractivity contribution < 1.29 is 19.1 Å². The van der Waals surface area contributed by atoms with Gasteiger partial charge in [-0.2, -0.15) is 0 Å². The van der Waals surface area contributed by atoms with Gasteiger partial charge in [0.2, 0.25) is 11.8 Å². The van der Waals surface area contributed by atoms with Crippen molar-refractivity contribution >= 4 is 17.5 Å². The van der Waals surface area contributed by atoms with Gasteiger partial charge in [-0.3, -0.25) is 9.59 Å². The third-order valence-corrected chi connectivity index (χ3v) is 4.23. The van der Waals surface area contributed by atoms with Crippen molar-refractivity contribution in [2.24, 2.45) is 5.92 Å². The fourth-order valence-corrected chi connectivity index (χ4v) is 3.00. The van der Waals surface area contributed by atoms with Crippen molar-refractivity contribution in [1.29, 1.82) is 0 Å². The zero-order chi connectivity index (χ0) is 16.1. The van der Waals surface area contributed by atoms with Gasteiger partial charge in [-0.15, -0.1) is 0 Å². The summed E-state index contributed by atoms with van der Waals surface area (Å²) in [5.74, 6) is 1.11. The van der Waals surface area contributed by atoms with E-state index in [9.17, 15) is 9.59 Å². The van der Waals surface area contributed by atoms with E-state index in [0.29, 0.717) is 30.4 Å². The summed E-state index contributed by atoms with van der Waals surface area (Å²) >= 11 is 0. The highest BCUT2D eigenvalue weighted by Gasteiger charge is 2.21. The number of ether oxygens (including phenoxy) is 2. The van der Waals surface area contributed by atoms with Gasteiger partial charge < -0.3 is 20.1 Å². The molecule has 1 fully saturated rings. The molecule has 1 aliphatic heterocycles. The van der Waals surface area contributed by atoms with E-state index in [1.807, 2.05) is 0 Å². The summed E-state index contributed by atoms with van der Waals surface area (Å²) in [6, 6.07) is 5.26. The molecule has 0 bridgehead atoms. The van der Waals surface area contributed by atoms with Crippen LogP contribution in [0.3, 0.4) is 0 Å². The Morgan fingerprint density at radius 3 is 2.57 bits per heavy atom. The average Bonchev–Trinajstić information content (AvgIpc) is 2.60. The molecule has 6 heteroatoms. The molecule has 1 heterocycles. The molecule has 0 aromatic heterocycles. The van der Waals surface area contributed by atoms with Crippen LogP contribution in [0.5, 0.6) is 11.5 Å². The molecule has 124 valence electrons. The van der Waals surface area contributed by atoms with Crippen molar-refractivity contribution in [2.75, 3.05) is 25.1 Å². The molecule has 0 unspecified atom stereocenters. The van der Waals surface area contributed by atoms with Crippen molar-refractivity contribution in [3.05, 3.63) is 18.2 Å². The first-order valence-electron chi connectivity index (χ1n) is 8.19. The van der Waals surface area contributed by atoms with Crippen LogP contribution in [-0.2, 0) is 9.59 Å². The van der Waals surface area contributed by atoms with Gasteiger partial charge in [-0.25, -0.2) is 0 Å². The molecule has 0 atom stereocenters. The van der Waals surface area contributed by atoms with Crippen LogP contribution < -0.4 is 20.1 Å². The van der Waals surface area contributed by atoms with Crippen LogP contribution in [0.2, 0.25) is 0 Å². The van der Waals surface area contributed by atoms with E-state index in [1.54, 1.807) is 18.2 Å². The van der Waals surface area contributed by atoms with Crippen molar-refractivity contribution in [2.45, 2.75) is 32.1 Å². The summed E-state index contributed by atoms with van der Waals surface area (Å²) < 4.78 is 10.9. The summed E-state index contributed by atoms with van der Waals surface area (Å²) in [5.41, 5.74) is 0.631. The molecular formula is C17H22N2O4. The molecule has 2 aliphatic rings. The Labute approximate surface area is 135 Å². The van der Waals surface area contributed by atoms with E-state index in [-0.39, 0.29) is 24.3 Å². The SMILES string of the molecule is O=C(CNC(=O)C1CCCCC1)Nc1ccc2c(c1)OCCO2. The van der Waals surface area contributed by atoms with Gasteiger partial charge in [0.1, 0.15) is 13.2 Å². The lowest BCUT2D eigenvalue weighted by molar-refractivity contribution is -0.128. The van der Waals surface area contributed by atoms with Crippen LogP contribution >= 0.6 is 0 Å². The third-order valence-electron chi connectivity index (χ3n) is 4.23. The molecule has 6 nitrogen and oxygen atoms in total. The van der Waals surface area contributed by atoms with Gasteiger partial charge in [0.15, 0.2) is 11.5 Å².